The van der Waals surface area contributed by atoms with Gasteiger partial charge < -0.3 is 15.2 Å². The molecule has 0 aliphatic carbocycles. The van der Waals surface area contributed by atoms with Crippen molar-refractivity contribution in [3.8, 4) is 5.75 Å². The van der Waals surface area contributed by atoms with Crippen LogP contribution < -0.4 is 10.5 Å². The summed E-state index contributed by atoms with van der Waals surface area (Å²) < 4.78 is 10.8. The highest BCUT2D eigenvalue weighted by molar-refractivity contribution is 5.96. The number of esters is 1. The number of benzene rings is 2. The normalized spacial score (nSPS) is 11.3. The second-order valence-electron chi connectivity index (χ2n) is 5.57. The van der Waals surface area contributed by atoms with Crippen molar-refractivity contribution < 1.29 is 14.3 Å². The van der Waals surface area contributed by atoms with Crippen LogP contribution in [-0.4, -0.2) is 18.2 Å². The van der Waals surface area contributed by atoms with Gasteiger partial charge in [0.25, 0.3) is 0 Å². The number of nitrogen functional groups attached to an aromatic ring is 1. The lowest BCUT2D eigenvalue weighted by molar-refractivity contribution is -0.157. The molecular formula is C16H19NO3. The predicted octanol–water partition coefficient (Wildman–Crippen LogP) is 3.14. The first kappa shape index (κ1) is 14.2. The van der Waals surface area contributed by atoms with Crippen molar-refractivity contribution in [2.45, 2.75) is 26.4 Å². The van der Waals surface area contributed by atoms with Gasteiger partial charge >= 0.3 is 5.97 Å². The Morgan fingerprint density at radius 3 is 2.45 bits per heavy atom. The minimum atomic E-state index is -0.510. The zero-order valence-electron chi connectivity index (χ0n) is 12.0. The Morgan fingerprint density at radius 2 is 1.75 bits per heavy atom. The fraction of sp³-hybridized carbons (Fsp3) is 0.312. The number of fused-ring (bicyclic) bond motifs is 1. The lowest BCUT2D eigenvalue weighted by atomic mass is 10.1. The predicted molar refractivity (Wildman–Crippen MR) is 79.7 cm³/mol. The van der Waals surface area contributed by atoms with Gasteiger partial charge in [-0.25, -0.2) is 4.79 Å². The number of hydrogen-bond donors (Lipinski definition) is 1. The van der Waals surface area contributed by atoms with Crippen LogP contribution in [-0.2, 0) is 9.53 Å². The first-order valence-corrected chi connectivity index (χ1v) is 6.49. The van der Waals surface area contributed by atoms with Gasteiger partial charge in [0, 0.05) is 16.5 Å². The molecule has 20 heavy (non-hydrogen) atoms. The summed E-state index contributed by atoms with van der Waals surface area (Å²) in [7, 11) is 0. The molecule has 4 nitrogen and oxygen atoms in total. The van der Waals surface area contributed by atoms with Crippen LogP contribution in [0.25, 0.3) is 10.8 Å². The average Bonchev–Trinajstić information content (AvgIpc) is 2.35. The van der Waals surface area contributed by atoms with Crippen LogP contribution in [0, 0.1) is 0 Å². The van der Waals surface area contributed by atoms with Gasteiger partial charge in [0.1, 0.15) is 11.4 Å². The third-order valence-corrected chi connectivity index (χ3v) is 2.68. The van der Waals surface area contributed by atoms with Gasteiger partial charge in [-0.1, -0.05) is 24.3 Å². The second kappa shape index (κ2) is 5.41. The van der Waals surface area contributed by atoms with Crippen LogP contribution >= 0.6 is 0 Å². The third-order valence-electron chi connectivity index (χ3n) is 2.68. The van der Waals surface area contributed by atoms with E-state index < -0.39 is 11.6 Å². The topological polar surface area (TPSA) is 61.5 Å². The van der Waals surface area contributed by atoms with Crippen LogP contribution in [0.5, 0.6) is 5.75 Å². The van der Waals surface area contributed by atoms with E-state index in [9.17, 15) is 4.79 Å². The molecular weight excluding hydrogens is 254 g/mol. The Hall–Kier alpha value is -2.23. The molecule has 0 saturated heterocycles. The minimum Gasteiger partial charge on any atom is -0.481 e. The van der Waals surface area contributed by atoms with E-state index in [1.165, 1.54) is 0 Å². The second-order valence-corrected chi connectivity index (χ2v) is 5.57. The molecule has 0 atom stereocenters. The molecule has 106 valence electrons. The molecule has 2 aromatic rings. The van der Waals surface area contributed by atoms with Gasteiger partial charge in [-0.3, -0.25) is 0 Å². The van der Waals surface area contributed by atoms with Crippen LogP contribution in [0.4, 0.5) is 5.69 Å². The van der Waals surface area contributed by atoms with Crippen molar-refractivity contribution in [1.29, 1.82) is 0 Å². The smallest absolute Gasteiger partial charge is 0.344 e. The van der Waals surface area contributed by atoms with Crippen molar-refractivity contribution >= 4 is 22.4 Å². The third kappa shape index (κ3) is 3.41. The van der Waals surface area contributed by atoms with Crippen molar-refractivity contribution in [2.75, 3.05) is 12.3 Å². The summed E-state index contributed by atoms with van der Waals surface area (Å²) in [4.78, 5) is 11.7. The van der Waals surface area contributed by atoms with E-state index in [1.807, 2.05) is 57.2 Å². The van der Waals surface area contributed by atoms with Gasteiger partial charge in [0.15, 0.2) is 6.61 Å². The maximum atomic E-state index is 11.7. The molecule has 0 radical (unpaired) electrons. The molecule has 0 saturated carbocycles. The first-order chi connectivity index (χ1) is 9.37. The zero-order valence-corrected chi connectivity index (χ0v) is 12.0. The molecule has 0 bridgehead atoms. The quantitative estimate of drug-likeness (QED) is 0.689. The highest BCUT2D eigenvalue weighted by Gasteiger charge is 2.17. The van der Waals surface area contributed by atoms with E-state index in [1.54, 1.807) is 0 Å². The Labute approximate surface area is 118 Å². The molecule has 0 unspecified atom stereocenters. The van der Waals surface area contributed by atoms with Gasteiger partial charge in [-0.05, 0) is 32.9 Å². The van der Waals surface area contributed by atoms with Crippen LogP contribution in [0.2, 0.25) is 0 Å². The van der Waals surface area contributed by atoms with Crippen molar-refractivity contribution in [2.24, 2.45) is 0 Å². The summed E-state index contributed by atoms with van der Waals surface area (Å²) in [6.45, 7) is 5.35. The fourth-order valence-electron chi connectivity index (χ4n) is 1.94. The van der Waals surface area contributed by atoms with E-state index in [-0.39, 0.29) is 6.61 Å². The average molecular weight is 273 g/mol. The Kier molecular flexibility index (Phi) is 3.84. The molecule has 2 aromatic carbocycles. The monoisotopic (exact) mass is 273 g/mol. The van der Waals surface area contributed by atoms with E-state index in [0.717, 1.165) is 10.8 Å². The van der Waals surface area contributed by atoms with Crippen molar-refractivity contribution in [1.82, 2.24) is 0 Å². The maximum Gasteiger partial charge on any atom is 0.344 e. The Balaban J connectivity index is 2.15. The molecule has 2 N–H and O–H groups in total. The number of carbonyl (C=O) groups excluding carboxylic acids is 1. The summed E-state index contributed by atoms with van der Waals surface area (Å²) in [5.74, 6) is 0.235. The number of anilines is 1. The van der Waals surface area contributed by atoms with E-state index >= 15 is 0 Å². The number of hydrogen-bond acceptors (Lipinski definition) is 4. The molecule has 0 heterocycles. The van der Waals surface area contributed by atoms with Gasteiger partial charge in [0.2, 0.25) is 0 Å². The number of nitrogens with two attached hydrogens (primary N) is 1. The summed E-state index contributed by atoms with van der Waals surface area (Å²) in [5.41, 5.74) is 6.09. The van der Waals surface area contributed by atoms with Crippen molar-refractivity contribution in [3.63, 3.8) is 0 Å². The van der Waals surface area contributed by atoms with Crippen LogP contribution in [0.1, 0.15) is 20.8 Å². The zero-order chi connectivity index (χ0) is 14.8. The number of ether oxygens (including phenoxy) is 2. The highest BCUT2D eigenvalue weighted by atomic mass is 16.6. The summed E-state index contributed by atoms with van der Waals surface area (Å²) in [6, 6.07) is 11.2. The minimum absolute atomic E-state index is 0.120. The largest absolute Gasteiger partial charge is 0.481 e. The van der Waals surface area contributed by atoms with Gasteiger partial charge in [-0.15, -0.1) is 0 Å². The SMILES string of the molecule is CC(C)(C)OC(=O)COc1cccc2c(N)cccc12. The van der Waals surface area contributed by atoms with Gasteiger partial charge in [-0.2, -0.15) is 0 Å². The Morgan fingerprint density at radius 1 is 1.10 bits per heavy atom. The van der Waals surface area contributed by atoms with E-state index in [0.29, 0.717) is 11.4 Å². The summed E-state index contributed by atoms with van der Waals surface area (Å²) >= 11 is 0. The molecule has 2 rings (SSSR count). The van der Waals surface area contributed by atoms with Crippen LogP contribution in [0.3, 0.4) is 0 Å². The molecule has 0 aromatic heterocycles. The summed E-state index contributed by atoms with van der Waals surface area (Å²) in [5, 5.41) is 1.80. The molecule has 0 amide bonds. The van der Waals surface area contributed by atoms with Crippen LogP contribution in [0.15, 0.2) is 36.4 Å². The van der Waals surface area contributed by atoms with Gasteiger partial charge in [0.05, 0.1) is 0 Å². The standard InChI is InChI=1S/C16H19NO3/c1-16(2,3)20-15(18)10-19-14-9-5-6-11-12(14)7-4-8-13(11)17/h4-9H,10,17H2,1-3H3. The lowest BCUT2D eigenvalue weighted by Crippen LogP contribution is -2.27. The molecule has 0 spiro atoms. The summed E-state index contributed by atoms with van der Waals surface area (Å²) in [6.07, 6.45) is 0. The van der Waals surface area contributed by atoms with E-state index in [4.69, 9.17) is 15.2 Å². The molecule has 0 fully saturated rings. The highest BCUT2D eigenvalue weighted by Crippen LogP contribution is 2.29. The number of rotatable bonds is 3. The fourth-order valence-corrected chi connectivity index (χ4v) is 1.94. The number of carbonyl (C=O) groups is 1. The Bertz CT molecular complexity index is 629. The van der Waals surface area contributed by atoms with E-state index in [2.05, 4.69) is 0 Å². The molecule has 4 heteroatoms. The maximum absolute atomic E-state index is 11.7. The first-order valence-electron chi connectivity index (χ1n) is 6.49. The lowest BCUT2D eigenvalue weighted by Gasteiger charge is -2.19. The molecule has 0 aliphatic heterocycles. The van der Waals surface area contributed by atoms with Crippen molar-refractivity contribution in [3.05, 3.63) is 36.4 Å². The molecule has 0 aliphatic rings.